The van der Waals surface area contributed by atoms with Gasteiger partial charge in [-0.15, -0.1) is 6.58 Å². The molecule has 0 unspecified atom stereocenters. The molecule has 7 nitrogen and oxygen atoms in total. The Bertz CT molecular complexity index is 1360. The molecule has 33 heavy (non-hydrogen) atoms. The summed E-state index contributed by atoms with van der Waals surface area (Å²) < 4.78 is 34.7. The average molecular weight is 466 g/mol. The smallest absolute Gasteiger partial charge is 0.419 e. The lowest BCUT2D eigenvalue weighted by molar-refractivity contribution is 0.0544. The van der Waals surface area contributed by atoms with Gasteiger partial charge in [0.15, 0.2) is 0 Å². The Morgan fingerprint density at radius 2 is 1.82 bits per heavy atom. The number of sulfonamides is 1. The number of fused-ring (bicyclic) bond motifs is 1. The molecule has 0 bridgehead atoms. The van der Waals surface area contributed by atoms with Crippen LogP contribution < -0.4 is 0 Å². The molecular formula is C25H27N3O4S. The summed E-state index contributed by atoms with van der Waals surface area (Å²) in [6, 6.07) is 13.5. The lowest BCUT2D eigenvalue weighted by Crippen LogP contribution is -2.31. The van der Waals surface area contributed by atoms with E-state index in [4.69, 9.17) is 4.74 Å². The van der Waals surface area contributed by atoms with Crippen LogP contribution in [0.5, 0.6) is 0 Å². The van der Waals surface area contributed by atoms with Gasteiger partial charge in [-0.1, -0.05) is 42.0 Å². The molecule has 2 heterocycles. The normalized spacial score (nSPS) is 16.7. The Balaban J connectivity index is 1.79. The molecule has 1 atom stereocenters. The summed E-state index contributed by atoms with van der Waals surface area (Å²) in [5.74, 6) is 0. The maximum Gasteiger partial charge on any atom is 0.419 e. The SMILES string of the molecule is C=C[C@H]1CC(c2cn(C(=O)OC(C)(C)C)c3ccccc23)=NN1S(=O)(=O)c1ccc(C)cc1. The van der Waals surface area contributed by atoms with Gasteiger partial charge in [0.2, 0.25) is 0 Å². The van der Waals surface area contributed by atoms with E-state index in [9.17, 15) is 13.2 Å². The van der Waals surface area contributed by atoms with Crippen molar-refractivity contribution in [3.8, 4) is 0 Å². The lowest BCUT2D eigenvalue weighted by Gasteiger charge is -2.20. The Labute approximate surface area is 194 Å². The monoisotopic (exact) mass is 465 g/mol. The van der Waals surface area contributed by atoms with Crippen LogP contribution in [0.25, 0.3) is 10.9 Å². The van der Waals surface area contributed by atoms with Crippen molar-refractivity contribution < 1.29 is 17.9 Å². The highest BCUT2D eigenvalue weighted by atomic mass is 32.2. The topological polar surface area (TPSA) is 81.0 Å². The first-order chi connectivity index (χ1) is 15.5. The third-order valence-corrected chi connectivity index (χ3v) is 7.07. The second kappa shape index (κ2) is 8.19. The van der Waals surface area contributed by atoms with Gasteiger partial charge in [-0.25, -0.2) is 4.79 Å². The maximum atomic E-state index is 13.3. The molecular weight excluding hydrogens is 438 g/mol. The zero-order chi connectivity index (χ0) is 24.0. The number of aromatic nitrogens is 1. The lowest BCUT2D eigenvalue weighted by atomic mass is 10.0. The maximum absolute atomic E-state index is 13.3. The highest BCUT2D eigenvalue weighted by molar-refractivity contribution is 7.89. The molecule has 2 aromatic carbocycles. The molecule has 1 aliphatic heterocycles. The molecule has 1 aromatic heterocycles. The summed E-state index contributed by atoms with van der Waals surface area (Å²) in [7, 11) is -3.87. The van der Waals surface area contributed by atoms with E-state index in [-0.39, 0.29) is 4.90 Å². The van der Waals surface area contributed by atoms with E-state index in [0.717, 1.165) is 15.4 Å². The van der Waals surface area contributed by atoms with Crippen molar-refractivity contribution in [2.75, 3.05) is 0 Å². The third kappa shape index (κ3) is 4.30. The van der Waals surface area contributed by atoms with Crippen molar-refractivity contribution >= 4 is 32.7 Å². The second-order valence-electron chi connectivity index (χ2n) is 9.05. The molecule has 172 valence electrons. The minimum absolute atomic E-state index is 0.168. The van der Waals surface area contributed by atoms with Crippen LogP contribution in [0.2, 0.25) is 0 Å². The number of hydrazone groups is 1. The molecule has 0 saturated heterocycles. The zero-order valence-corrected chi connectivity index (χ0v) is 20.0. The number of ether oxygens (including phenoxy) is 1. The standard InChI is InChI=1S/C25H27N3O4S/c1-6-18-15-22(26-28(18)33(30,31)19-13-11-17(2)12-14-19)21-16-27(24(29)32-25(3,4)5)23-10-8-7-9-20(21)23/h6-14,16,18H,1,15H2,2-5H3/t18-/m0/s1. The first-order valence-electron chi connectivity index (χ1n) is 10.7. The van der Waals surface area contributed by atoms with Gasteiger partial charge in [0.25, 0.3) is 10.0 Å². The van der Waals surface area contributed by atoms with Crippen LogP contribution in [0.1, 0.15) is 38.3 Å². The van der Waals surface area contributed by atoms with Crippen molar-refractivity contribution in [2.24, 2.45) is 5.10 Å². The van der Waals surface area contributed by atoms with E-state index in [0.29, 0.717) is 23.2 Å². The van der Waals surface area contributed by atoms with Crippen LogP contribution >= 0.6 is 0 Å². The highest BCUT2D eigenvalue weighted by Crippen LogP contribution is 2.31. The molecule has 0 amide bonds. The molecule has 1 aliphatic rings. The van der Waals surface area contributed by atoms with Gasteiger partial charge in [-0.05, 0) is 45.9 Å². The van der Waals surface area contributed by atoms with E-state index in [1.54, 1.807) is 57.3 Å². The predicted octanol–water partition coefficient (Wildman–Crippen LogP) is 5.09. The van der Waals surface area contributed by atoms with Crippen LogP contribution in [-0.2, 0) is 14.8 Å². The Kier molecular flexibility index (Phi) is 5.66. The third-order valence-electron chi connectivity index (χ3n) is 5.36. The van der Waals surface area contributed by atoms with E-state index in [1.807, 2.05) is 31.2 Å². The largest absolute Gasteiger partial charge is 0.443 e. The first-order valence-corrected chi connectivity index (χ1v) is 12.1. The summed E-state index contributed by atoms with van der Waals surface area (Å²) in [4.78, 5) is 13.0. The Hall–Kier alpha value is -3.39. The van der Waals surface area contributed by atoms with Crippen molar-refractivity contribution in [1.29, 1.82) is 0 Å². The molecule has 0 fully saturated rings. The Morgan fingerprint density at radius 1 is 1.15 bits per heavy atom. The van der Waals surface area contributed by atoms with E-state index >= 15 is 0 Å². The fraction of sp³-hybridized carbons (Fsp3) is 0.280. The number of hydrogen-bond donors (Lipinski definition) is 0. The van der Waals surface area contributed by atoms with Gasteiger partial charge in [0.1, 0.15) is 5.60 Å². The molecule has 0 radical (unpaired) electrons. The molecule has 0 spiro atoms. The highest BCUT2D eigenvalue weighted by Gasteiger charge is 2.36. The average Bonchev–Trinajstić information content (AvgIpc) is 3.35. The zero-order valence-electron chi connectivity index (χ0n) is 19.1. The van der Waals surface area contributed by atoms with Gasteiger partial charge in [0.05, 0.1) is 22.2 Å². The molecule has 0 saturated carbocycles. The predicted molar refractivity (Wildman–Crippen MR) is 129 cm³/mol. The number of para-hydroxylation sites is 1. The van der Waals surface area contributed by atoms with E-state index in [2.05, 4.69) is 11.7 Å². The molecule has 8 heteroatoms. The van der Waals surface area contributed by atoms with Crippen LogP contribution in [0, 0.1) is 6.92 Å². The number of rotatable bonds is 4. The number of aryl methyl sites for hydroxylation is 1. The fourth-order valence-electron chi connectivity index (χ4n) is 3.77. The molecule has 0 N–H and O–H groups in total. The number of carbonyl (C=O) groups is 1. The molecule has 4 rings (SSSR count). The van der Waals surface area contributed by atoms with Crippen LogP contribution in [0.3, 0.4) is 0 Å². The van der Waals surface area contributed by atoms with Gasteiger partial charge in [-0.3, -0.25) is 4.57 Å². The summed E-state index contributed by atoms with van der Waals surface area (Å²) >= 11 is 0. The summed E-state index contributed by atoms with van der Waals surface area (Å²) in [6.45, 7) is 11.1. The van der Waals surface area contributed by atoms with Crippen molar-refractivity contribution in [3.63, 3.8) is 0 Å². The van der Waals surface area contributed by atoms with Crippen molar-refractivity contribution in [3.05, 3.63) is 78.5 Å². The van der Waals surface area contributed by atoms with Crippen LogP contribution in [0.15, 0.2) is 77.4 Å². The summed E-state index contributed by atoms with van der Waals surface area (Å²) in [5, 5.41) is 5.29. The van der Waals surface area contributed by atoms with Gasteiger partial charge >= 0.3 is 6.09 Å². The minimum Gasteiger partial charge on any atom is -0.443 e. The van der Waals surface area contributed by atoms with Crippen molar-refractivity contribution in [2.45, 2.75) is 50.7 Å². The number of hydrogen-bond acceptors (Lipinski definition) is 5. The van der Waals surface area contributed by atoms with Gasteiger partial charge < -0.3 is 4.74 Å². The van der Waals surface area contributed by atoms with Crippen LogP contribution in [-0.4, -0.2) is 40.8 Å². The fourth-order valence-corrected chi connectivity index (χ4v) is 5.19. The van der Waals surface area contributed by atoms with Gasteiger partial charge in [0, 0.05) is 23.6 Å². The quantitative estimate of drug-likeness (QED) is 0.503. The molecule has 3 aromatic rings. The second-order valence-corrected chi connectivity index (χ2v) is 10.9. The number of benzene rings is 2. The Morgan fingerprint density at radius 3 is 2.45 bits per heavy atom. The number of nitrogens with zero attached hydrogens (tertiary/aromatic N) is 3. The van der Waals surface area contributed by atoms with Gasteiger partial charge in [-0.2, -0.15) is 17.9 Å². The molecule has 0 aliphatic carbocycles. The van der Waals surface area contributed by atoms with E-state index < -0.39 is 27.8 Å². The summed E-state index contributed by atoms with van der Waals surface area (Å²) in [6.07, 6.45) is 3.08. The minimum atomic E-state index is -3.87. The first kappa shape index (κ1) is 22.8. The van der Waals surface area contributed by atoms with E-state index in [1.165, 1.54) is 4.57 Å². The summed E-state index contributed by atoms with van der Waals surface area (Å²) in [5.41, 5.74) is 2.23. The van der Waals surface area contributed by atoms with Crippen molar-refractivity contribution in [1.82, 2.24) is 8.98 Å². The number of carbonyl (C=O) groups excluding carboxylic acids is 1. The van der Waals surface area contributed by atoms with Crippen LogP contribution in [0.4, 0.5) is 4.79 Å².